The Balaban J connectivity index is 1.35. The Morgan fingerprint density at radius 1 is 0.543 bits per heavy atom. The topological polar surface area (TPSA) is 22.0 Å². The van der Waals surface area contributed by atoms with Crippen LogP contribution in [0.3, 0.4) is 0 Å². The maximum absolute atomic E-state index is 15.1. The van der Waals surface area contributed by atoms with Crippen molar-refractivity contribution < 1.29 is 4.57 Å². The normalized spacial score (nSPS) is 13.7. The molecule has 220 valence electrons. The lowest BCUT2D eigenvalue weighted by Gasteiger charge is -2.35. The third kappa shape index (κ3) is 3.68. The lowest BCUT2D eigenvalue weighted by atomic mass is 9.68. The summed E-state index contributed by atoms with van der Waals surface area (Å²) in [5, 5.41) is 7.59. The molecule has 3 heteroatoms. The van der Waals surface area contributed by atoms with E-state index in [1.165, 1.54) is 49.3 Å². The van der Waals surface area contributed by atoms with Gasteiger partial charge in [0.2, 0.25) is 0 Å². The van der Waals surface area contributed by atoms with E-state index in [-0.39, 0.29) is 5.41 Å². The molecule has 7 aromatic carbocycles. The van der Waals surface area contributed by atoms with Crippen molar-refractivity contribution in [2.24, 2.45) is 0 Å². The molecule has 0 radical (unpaired) electrons. The Morgan fingerprint density at radius 3 is 1.85 bits per heavy atom. The third-order valence-electron chi connectivity index (χ3n) is 10.1. The van der Waals surface area contributed by atoms with Crippen LogP contribution in [-0.2, 0) is 9.98 Å². The van der Waals surface area contributed by atoms with E-state index < -0.39 is 7.14 Å². The average Bonchev–Trinajstić information content (AvgIpc) is 3.44. The highest BCUT2D eigenvalue weighted by atomic mass is 31.2. The fourth-order valence-corrected chi connectivity index (χ4v) is 10.5. The van der Waals surface area contributed by atoms with Gasteiger partial charge in [-0.25, -0.2) is 0 Å². The van der Waals surface area contributed by atoms with Crippen LogP contribution in [0.2, 0.25) is 0 Å². The summed E-state index contributed by atoms with van der Waals surface area (Å²) < 4.78 is 17.5. The zero-order valence-corrected chi connectivity index (χ0v) is 26.7. The number of para-hydroxylation sites is 1. The largest absolute Gasteiger partial charge is 0.309 e. The molecular formula is C43H32NOP. The van der Waals surface area contributed by atoms with Gasteiger partial charge in [-0.15, -0.1) is 0 Å². The van der Waals surface area contributed by atoms with E-state index in [1.54, 1.807) is 0 Å². The van der Waals surface area contributed by atoms with Gasteiger partial charge >= 0.3 is 0 Å². The minimum absolute atomic E-state index is 0.120. The van der Waals surface area contributed by atoms with Crippen LogP contribution in [0.4, 0.5) is 0 Å². The van der Waals surface area contributed by atoms with Gasteiger partial charge in [0, 0.05) is 43.4 Å². The zero-order chi connectivity index (χ0) is 31.0. The van der Waals surface area contributed by atoms with E-state index >= 15 is 4.57 Å². The Hall–Kier alpha value is -5.17. The van der Waals surface area contributed by atoms with E-state index in [0.29, 0.717) is 0 Å². The molecular weight excluding hydrogens is 577 g/mol. The third-order valence-corrected chi connectivity index (χ3v) is 13.1. The number of hydrogen-bond donors (Lipinski definition) is 0. The van der Waals surface area contributed by atoms with Crippen LogP contribution in [-0.4, -0.2) is 4.57 Å². The van der Waals surface area contributed by atoms with Crippen molar-refractivity contribution >= 4 is 55.6 Å². The molecule has 0 spiro atoms. The monoisotopic (exact) mass is 609 g/mol. The Morgan fingerprint density at radius 2 is 1.13 bits per heavy atom. The number of fused-ring (bicyclic) bond motifs is 6. The summed E-state index contributed by atoms with van der Waals surface area (Å²) >= 11 is 0. The van der Waals surface area contributed by atoms with Crippen LogP contribution >= 0.6 is 7.14 Å². The molecule has 46 heavy (non-hydrogen) atoms. The molecule has 0 saturated heterocycles. The van der Waals surface area contributed by atoms with Crippen LogP contribution in [0.15, 0.2) is 158 Å². The fourth-order valence-electron chi connectivity index (χ4n) is 7.88. The van der Waals surface area contributed by atoms with Gasteiger partial charge in [-0.2, -0.15) is 0 Å². The maximum Gasteiger partial charge on any atom is 0.171 e. The zero-order valence-electron chi connectivity index (χ0n) is 25.8. The standard InChI is InChI=1S/C43H32NOP/c1-43(2)37-21-11-9-20-35(37)41-40-29(14-13-22-38(40)43)28-36-34-19-10-12-23-39(34)44(42(36)41)30-24-26-33(27-25-30)46(45,31-15-5-3-6-16-31)32-17-7-4-8-18-32/h3-28H,1-2H3. The summed E-state index contributed by atoms with van der Waals surface area (Å²) in [4.78, 5) is 0. The number of rotatable bonds is 4. The van der Waals surface area contributed by atoms with E-state index in [9.17, 15) is 0 Å². The molecule has 0 N–H and O–H groups in total. The van der Waals surface area contributed by atoms with Gasteiger partial charge in [-0.05, 0) is 63.9 Å². The van der Waals surface area contributed by atoms with Crippen molar-refractivity contribution in [3.63, 3.8) is 0 Å². The van der Waals surface area contributed by atoms with E-state index in [0.717, 1.165) is 27.1 Å². The van der Waals surface area contributed by atoms with Gasteiger partial charge in [-0.3, -0.25) is 0 Å². The fraction of sp³-hybridized carbons (Fsp3) is 0.0698. The van der Waals surface area contributed by atoms with Crippen LogP contribution < -0.4 is 15.9 Å². The first-order chi connectivity index (χ1) is 22.5. The van der Waals surface area contributed by atoms with Gasteiger partial charge in [0.05, 0.1) is 11.0 Å². The summed E-state index contributed by atoms with van der Waals surface area (Å²) in [5.74, 6) is 0. The Labute approximate surface area is 269 Å². The molecule has 0 atom stereocenters. The van der Waals surface area contributed by atoms with Gasteiger partial charge in [-0.1, -0.05) is 135 Å². The van der Waals surface area contributed by atoms with E-state index in [2.05, 4.69) is 115 Å². The highest BCUT2D eigenvalue weighted by Gasteiger charge is 2.35. The molecule has 0 aliphatic heterocycles. The number of hydrogen-bond acceptors (Lipinski definition) is 1. The second-order valence-corrected chi connectivity index (χ2v) is 15.6. The van der Waals surface area contributed by atoms with Gasteiger partial charge in [0.15, 0.2) is 7.14 Å². The van der Waals surface area contributed by atoms with E-state index in [4.69, 9.17) is 0 Å². The molecule has 0 unspecified atom stereocenters. The van der Waals surface area contributed by atoms with Crippen LogP contribution in [0.25, 0.3) is 49.4 Å². The second-order valence-electron chi connectivity index (χ2n) is 12.9. The molecule has 0 saturated carbocycles. The summed E-state index contributed by atoms with van der Waals surface area (Å²) in [6.07, 6.45) is 0. The molecule has 9 rings (SSSR count). The lowest BCUT2D eigenvalue weighted by Crippen LogP contribution is -2.25. The SMILES string of the molecule is CC1(C)c2ccccc2-c2c3c1cccc3cc1c3ccccc3n(-c3ccc(P(=O)(c4ccccc4)c4ccccc4)cc3)c21. The van der Waals surface area contributed by atoms with Crippen LogP contribution in [0, 0.1) is 0 Å². The van der Waals surface area contributed by atoms with Crippen molar-refractivity contribution in [3.05, 3.63) is 169 Å². The first-order valence-corrected chi connectivity index (χ1v) is 17.6. The van der Waals surface area contributed by atoms with Gasteiger partial charge < -0.3 is 9.13 Å². The molecule has 1 aliphatic carbocycles. The van der Waals surface area contributed by atoms with Gasteiger partial charge in [0.1, 0.15) is 0 Å². The lowest BCUT2D eigenvalue weighted by molar-refractivity contribution is 0.592. The first-order valence-electron chi connectivity index (χ1n) is 15.9. The quantitative estimate of drug-likeness (QED) is 0.182. The molecule has 1 aromatic heterocycles. The van der Waals surface area contributed by atoms with Crippen molar-refractivity contribution in [1.29, 1.82) is 0 Å². The van der Waals surface area contributed by atoms with E-state index in [1.807, 2.05) is 60.7 Å². The van der Waals surface area contributed by atoms with Crippen LogP contribution in [0.5, 0.6) is 0 Å². The first kappa shape index (κ1) is 27.2. The number of aromatic nitrogens is 1. The molecule has 1 aliphatic rings. The minimum Gasteiger partial charge on any atom is -0.309 e. The summed E-state index contributed by atoms with van der Waals surface area (Å²) in [6.45, 7) is 4.69. The molecule has 0 fully saturated rings. The van der Waals surface area contributed by atoms with Gasteiger partial charge in [0.25, 0.3) is 0 Å². The van der Waals surface area contributed by atoms with Crippen molar-refractivity contribution in [1.82, 2.24) is 4.57 Å². The van der Waals surface area contributed by atoms with Crippen LogP contribution in [0.1, 0.15) is 25.0 Å². The highest BCUT2D eigenvalue weighted by molar-refractivity contribution is 7.85. The summed E-state index contributed by atoms with van der Waals surface area (Å²) in [7, 11) is -3.08. The second kappa shape index (κ2) is 9.91. The predicted molar refractivity (Wildman–Crippen MR) is 195 cm³/mol. The number of benzene rings is 7. The molecule has 0 bridgehead atoms. The van der Waals surface area contributed by atoms with Crippen molar-refractivity contribution in [2.45, 2.75) is 19.3 Å². The molecule has 0 amide bonds. The predicted octanol–water partition coefficient (Wildman–Crippen LogP) is 9.88. The molecule has 8 aromatic rings. The Bertz CT molecular complexity index is 2460. The smallest absolute Gasteiger partial charge is 0.171 e. The summed E-state index contributed by atoms with van der Waals surface area (Å²) in [6, 6.07) is 55.0. The minimum atomic E-state index is -3.08. The van der Waals surface area contributed by atoms with Crippen molar-refractivity contribution in [2.75, 3.05) is 0 Å². The highest BCUT2D eigenvalue weighted by Crippen LogP contribution is 2.52. The molecule has 2 nitrogen and oxygen atoms in total. The Kier molecular flexibility index (Phi) is 5.85. The number of nitrogens with zero attached hydrogens (tertiary/aromatic N) is 1. The van der Waals surface area contributed by atoms with Crippen molar-refractivity contribution in [3.8, 4) is 16.8 Å². The molecule has 1 heterocycles. The summed E-state index contributed by atoms with van der Waals surface area (Å²) in [5.41, 5.74) is 8.60. The average molecular weight is 610 g/mol. The maximum atomic E-state index is 15.1.